The molecule has 0 radical (unpaired) electrons. The highest BCUT2D eigenvalue weighted by molar-refractivity contribution is 9.11. The van der Waals surface area contributed by atoms with Crippen molar-refractivity contribution in [2.24, 2.45) is 5.92 Å². The Morgan fingerprint density at radius 2 is 2.25 bits per heavy atom. The van der Waals surface area contributed by atoms with E-state index in [1.807, 2.05) is 6.08 Å². The van der Waals surface area contributed by atoms with Crippen molar-refractivity contribution < 1.29 is 9.59 Å². The number of fused-ring (bicyclic) bond motifs is 1. The number of rotatable bonds is 0. The number of ketones is 1. The number of halogens is 1. The van der Waals surface area contributed by atoms with E-state index in [9.17, 15) is 9.59 Å². The average Bonchev–Trinajstić information content (AvgIpc) is 2.28. The summed E-state index contributed by atoms with van der Waals surface area (Å²) in [5.74, 6) is -1.06. The summed E-state index contributed by atoms with van der Waals surface area (Å²) in [6.45, 7) is 0. The van der Waals surface area contributed by atoms with Crippen molar-refractivity contribution in [3.8, 4) is 0 Å². The minimum Gasteiger partial charge on any atom is -0.322 e. The molecule has 0 aromatic rings. The molecule has 2 rings (SSSR count). The van der Waals surface area contributed by atoms with Crippen molar-refractivity contribution in [2.45, 2.75) is 6.42 Å². The van der Waals surface area contributed by atoms with Gasteiger partial charge >= 0.3 is 0 Å². The van der Waals surface area contributed by atoms with Crippen LogP contribution in [0, 0.1) is 5.92 Å². The number of carbonyl (C=O) groups is 2. The Bertz CT molecular complexity index is 330. The Balaban J connectivity index is 2.36. The molecule has 1 N–H and O–H groups in total. The van der Waals surface area contributed by atoms with Crippen LogP contribution in [-0.2, 0) is 9.59 Å². The topological polar surface area (TPSA) is 46.2 Å². The largest absolute Gasteiger partial charge is 0.322 e. The van der Waals surface area contributed by atoms with Gasteiger partial charge in [0.2, 0.25) is 5.78 Å². The highest BCUT2D eigenvalue weighted by Crippen LogP contribution is 2.29. The molecule has 0 saturated carbocycles. The Morgan fingerprint density at radius 3 is 3.00 bits per heavy atom. The predicted molar refractivity (Wildman–Crippen MR) is 46.3 cm³/mol. The van der Waals surface area contributed by atoms with Crippen molar-refractivity contribution in [1.29, 1.82) is 0 Å². The van der Waals surface area contributed by atoms with Crippen LogP contribution in [0.4, 0.5) is 0 Å². The molecule has 1 heterocycles. The third-order valence-electron chi connectivity index (χ3n) is 2.02. The molecular formula is C8H6BrNO2. The van der Waals surface area contributed by atoms with Gasteiger partial charge in [0.05, 0.1) is 5.92 Å². The van der Waals surface area contributed by atoms with Gasteiger partial charge in [-0.15, -0.1) is 0 Å². The quantitative estimate of drug-likeness (QED) is 0.625. The number of Topliss-reactive ketones (excluding diaryl/α,β-unsaturated/α-hetero) is 1. The fourth-order valence-corrected chi connectivity index (χ4v) is 1.82. The maximum atomic E-state index is 11.1. The highest BCUT2D eigenvalue weighted by Gasteiger charge is 2.37. The summed E-state index contributed by atoms with van der Waals surface area (Å²) in [6.07, 6.45) is 4.29. The van der Waals surface area contributed by atoms with Gasteiger partial charge in [-0.1, -0.05) is 22.0 Å². The lowest BCUT2D eigenvalue weighted by Crippen LogP contribution is -2.18. The van der Waals surface area contributed by atoms with Gasteiger partial charge in [0.15, 0.2) is 0 Å². The molecule has 3 nitrogen and oxygen atoms in total. The molecule has 1 atom stereocenters. The standard InChI is InChI=1S/C8H6BrNO2/c9-4-1-2-5-6(3-4)10-8(12)7(5)11/h1,3,5H,2H2,(H,10,12). The molecule has 0 aromatic carbocycles. The molecule has 1 aliphatic carbocycles. The maximum Gasteiger partial charge on any atom is 0.292 e. The van der Waals surface area contributed by atoms with Gasteiger partial charge in [0.1, 0.15) is 0 Å². The fourth-order valence-electron chi connectivity index (χ4n) is 1.39. The van der Waals surface area contributed by atoms with Gasteiger partial charge in [-0.05, 0) is 12.5 Å². The van der Waals surface area contributed by atoms with Gasteiger partial charge in [-0.25, -0.2) is 0 Å². The van der Waals surface area contributed by atoms with Crippen molar-refractivity contribution in [3.05, 3.63) is 22.3 Å². The van der Waals surface area contributed by atoms with E-state index >= 15 is 0 Å². The summed E-state index contributed by atoms with van der Waals surface area (Å²) in [5, 5.41) is 2.54. The second-order valence-corrected chi connectivity index (χ2v) is 3.71. The summed E-state index contributed by atoms with van der Waals surface area (Å²) >= 11 is 3.29. The highest BCUT2D eigenvalue weighted by atomic mass is 79.9. The van der Waals surface area contributed by atoms with Crippen molar-refractivity contribution in [3.63, 3.8) is 0 Å². The lowest BCUT2D eigenvalue weighted by molar-refractivity contribution is -0.136. The van der Waals surface area contributed by atoms with Crippen LogP contribution in [0.1, 0.15) is 6.42 Å². The number of hydrogen-bond donors (Lipinski definition) is 1. The van der Waals surface area contributed by atoms with Crippen LogP contribution >= 0.6 is 15.9 Å². The molecule has 0 bridgehead atoms. The number of nitrogens with one attached hydrogen (secondary N) is 1. The summed E-state index contributed by atoms with van der Waals surface area (Å²) in [7, 11) is 0. The fraction of sp³-hybridized carbons (Fsp3) is 0.250. The van der Waals surface area contributed by atoms with Crippen molar-refractivity contribution >= 4 is 27.6 Å². The van der Waals surface area contributed by atoms with E-state index in [1.165, 1.54) is 0 Å². The molecule has 62 valence electrons. The Kier molecular flexibility index (Phi) is 1.65. The van der Waals surface area contributed by atoms with Crippen LogP contribution in [0.3, 0.4) is 0 Å². The zero-order valence-electron chi connectivity index (χ0n) is 6.13. The molecule has 1 amide bonds. The van der Waals surface area contributed by atoms with E-state index in [2.05, 4.69) is 21.2 Å². The smallest absolute Gasteiger partial charge is 0.292 e. The molecule has 4 heteroatoms. The predicted octanol–water partition coefficient (Wildman–Crippen LogP) is 0.868. The molecule has 1 aliphatic heterocycles. The summed E-state index contributed by atoms with van der Waals surface area (Å²) in [6, 6.07) is 0. The monoisotopic (exact) mass is 227 g/mol. The van der Waals surface area contributed by atoms with Gasteiger partial charge in [0, 0.05) is 10.2 Å². The minimum atomic E-state index is -0.484. The summed E-state index contributed by atoms with van der Waals surface area (Å²) in [5.41, 5.74) is 0.722. The van der Waals surface area contributed by atoms with Crippen LogP contribution in [0.5, 0.6) is 0 Å². The first-order chi connectivity index (χ1) is 5.68. The molecular weight excluding hydrogens is 222 g/mol. The number of hydrogen-bond acceptors (Lipinski definition) is 2. The van der Waals surface area contributed by atoms with Crippen LogP contribution in [-0.4, -0.2) is 11.7 Å². The lowest BCUT2D eigenvalue weighted by Gasteiger charge is -2.10. The molecule has 0 aromatic heterocycles. The zero-order valence-corrected chi connectivity index (χ0v) is 7.72. The second-order valence-electron chi connectivity index (χ2n) is 2.80. The van der Waals surface area contributed by atoms with Crippen LogP contribution in [0.2, 0.25) is 0 Å². The zero-order chi connectivity index (χ0) is 8.72. The molecule has 1 fully saturated rings. The first-order valence-corrected chi connectivity index (χ1v) is 4.40. The van der Waals surface area contributed by atoms with Gasteiger partial charge in [0.25, 0.3) is 5.91 Å². The summed E-state index contributed by atoms with van der Waals surface area (Å²) in [4.78, 5) is 22.1. The van der Waals surface area contributed by atoms with E-state index in [4.69, 9.17) is 0 Å². The number of allylic oxidation sites excluding steroid dienone is 4. The Morgan fingerprint density at radius 1 is 1.50 bits per heavy atom. The van der Waals surface area contributed by atoms with Crippen molar-refractivity contribution in [1.82, 2.24) is 5.32 Å². The lowest BCUT2D eigenvalue weighted by atomic mass is 9.96. The SMILES string of the molecule is O=C1NC2=CC(Br)=CCC2C1=O. The molecule has 12 heavy (non-hydrogen) atoms. The maximum absolute atomic E-state index is 11.1. The van der Waals surface area contributed by atoms with Gasteiger partial charge in [-0.3, -0.25) is 9.59 Å². The molecule has 1 unspecified atom stereocenters. The van der Waals surface area contributed by atoms with Crippen molar-refractivity contribution in [2.75, 3.05) is 0 Å². The van der Waals surface area contributed by atoms with E-state index < -0.39 is 5.91 Å². The van der Waals surface area contributed by atoms with Crippen LogP contribution in [0.25, 0.3) is 0 Å². The van der Waals surface area contributed by atoms with Crippen LogP contribution in [0.15, 0.2) is 22.3 Å². The first kappa shape index (κ1) is 7.73. The Hall–Kier alpha value is -0.900. The van der Waals surface area contributed by atoms with E-state index in [1.54, 1.807) is 6.08 Å². The summed E-state index contributed by atoms with van der Waals surface area (Å²) < 4.78 is 0.920. The van der Waals surface area contributed by atoms with E-state index in [0.717, 1.165) is 10.2 Å². The number of carbonyl (C=O) groups excluding carboxylic acids is 2. The normalized spacial score (nSPS) is 27.6. The van der Waals surface area contributed by atoms with Gasteiger partial charge < -0.3 is 5.32 Å². The molecule has 2 aliphatic rings. The average molecular weight is 228 g/mol. The second kappa shape index (κ2) is 2.55. The Labute approximate surface area is 77.6 Å². The van der Waals surface area contributed by atoms with E-state index in [-0.39, 0.29) is 11.7 Å². The van der Waals surface area contributed by atoms with Crippen LogP contribution < -0.4 is 5.32 Å². The third-order valence-corrected chi connectivity index (χ3v) is 2.57. The van der Waals surface area contributed by atoms with E-state index in [0.29, 0.717) is 6.42 Å². The third kappa shape index (κ3) is 1.03. The minimum absolute atomic E-state index is 0.251. The number of amides is 1. The van der Waals surface area contributed by atoms with Gasteiger partial charge in [-0.2, -0.15) is 0 Å². The first-order valence-electron chi connectivity index (χ1n) is 3.61. The molecule has 1 saturated heterocycles. The molecule has 0 spiro atoms.